The molecule has 0 saturated carbocycles. The lowest BCUT2D eigenvalue weighted by Gasteiger charge is -2.36. The van der Waals surface area contributed by atoms with Crippen molar-refractivity contribution in [2.24, 2.45) is 17.2 Å². The first-order valence-electron chi connectivity index (χ1n) is 13.0. The van der Waals surface area contributed by atoms with Gasteiger partial charge in [-0.15, -0.1) is 0 Å². The Hall–Kier alpha value is -3.75. The van der Waals surface area contributed by atoms with Crippen LogP contribution in [-0.4, -0.2) is 81.5 Å². The molecule has 5 rings (SSSR count). The predicted octanol–water partition coefficient (Wildman–Crippen LogP) is 0.990. The molecule has 14 heteroatoms. The fraction of sp³-hybridized carbons (Fsp3) is 0.385. The first-order valence-corrected chi connectivity index (χ1v) is 13.4. The van der Waals surface area contributed by atoms with E-state index >= 15 is 0 Å². The van der Waals surface area contributed by atoms with Crippen LogP contribution < -0.4 is 37.6 Å². The van der Waals surface area contributed by atoms with Crippen LogP contribution in [-0.2, 0) is 0 Å². The number of β-amino-alcohol motifs (C(OH)–C–C–N with tert-alkyl or cyclic N) is 1. The third-order valence-corrected chi connectivity index (χ3v) is 7.01. The molecule has 1 aromatic heterocycles. The van der Waals surface area contributed by atoms with E-state index in [4.69, 9.17) is 28.8 Å². The summed E-state index contributed by atoms with van der Waals surface area (Å²) in [5.41, 5.74) is 19.7. The minimum atomic E-state index is -0.607. The van der Waals surface area contributed by atoms with Crippen LogP contribution in [0.5, 0.6) is 5.75 Å². The van der Waals surface area contributed by atoms with E-state index in [0.29, 0.717) is 67.2 Å². The van der Waals surface area contributed by atoms with Crippen molar-refractivity contribution >= 4 is 46.7 Å². The normalized spacial score (nSPS) is 23.1. The van der Waals surface area contributed by atoms with Gasteiger partial charge in [0.15, 0.2) is 0 Å². The molecule has 1 amide bonds. The van der Waals surface area contributed by atoms with Gasteiger partial charge in [-0.2, -0.15) is 15.0 Å². The number of aliphatic hydroxyl groups excluding tert-OH is 1. The molecular formula is C26H33ClN10O3. The predicted molar refractivity (Wildman–Crippen MR) is 154 cm³/mol. The monoisotopic (exact) mass is 568 g/mol. The van der Waals surface area contributed by atoms with E-state index in [1.165, 1.54) is 6.07 Å². The van der Waals surface area contributed by atoms with Crippen LogP contribution in [0.15, 0.2) is 42.5 Å². The van der Waals surface area contributed by atoms with Crippen LogP contribution in [0.25, 0.3) is 0 Å². The molecule has 4 atom stereocenters. The van der Waals surface area contributed by atoms with Gasteiger partial charge in [-0.1, -0.05) is 11.6 Å². The molecule has 3 heterocycles. The zero-order valence-electron chi connectivity index (χ0n) is 21.7. The van der Waals surface area contributed by atoms with Gasteiger partial charge in [0.25, 0.3) is 5.91 Å². The second-order valence-electron chi connectivity index (χ2n) is 10.3. The highest BCUT2D eigenvalue weighted by atomic mass is 35.5. The highest BCUT2D eigenvalue weighted by Gasteiger charge is 2.29. The van der Waals surface area contributed by atoms with Crippen molar-refractivity contribution in [2.45, 2.75) is 37.1 Å². The standard InChI is InChI=1S/C26H33ClN10O3/c27-15-3-1-14(2-4-15)23(40)32-21-6-5-19(9-22(21)39)31-24-33-25(36-10-16(28)7-17(29)11-36)35-26(34-24)37-12-18(30)8-20(38)13-37/h1-6,9,16-18,20,38-39H,7-8,10-13,28-30H2,(H,32,40)(H,31,33,34,35)/t16-,17+,18-,20+/m0/s1. The number of benzene rings is 2. The lowest BCUT2D eigenvalue weighted by molar-refractivity contribution is 0.102. The number of aliphatic hydroxyl groups is 1. The number of aromatic hydroxyl groups is 1. The Labute approximate surface area is 236 Å². The van der Waals surface area contributed by atoms with E-state index in [2.05, 4.69) is 25.6 Å². The summed E-state index contributed by atoms with van der Waals surface area (Å²) in [6.45, 7) is 1.86. The van der Waals surface area contributed by atoms with Crippen LogP contribution >= 0.6 is 11.6 Å². The number of nitrogens with zero attached hydrogens (tertiary/aromatic N) is 5. The quantitative estimate of drug-likeness (QED) is 0.208. The average Bonchev–Trinajstić information content (AvgIpc) is 2.89. The number of amides is 1. The maximum atomic E-state index is 12.6. The van der Waals surface area contributed by atoms with Crippen LogP contribution in [0, 0.1) is 0 Å². The van der Waals surface area contributed by atoms with Crippen molar-refractivity contribution in [3.8, 4) is 5.75 Å². The molecule has 2 saturated heterocycles. The van der Waals surface area contributed by atoms with Gasteiger partial charge in [0.2, 0.25) is 17.8 Å². The second-order valence-corrected chi connectivity index (χ2v) is 10.7. The molecule has 2 aliphatic heterocycles. The fourth-order valence-corrected chi connectivity index (χ4v) is 5.07. The summed E-state index contributed by atoms with van der Waals surface area (Å²) in [5, 5.41) is 27.2. The maximum absolute atomic E-state index is 12.6. The Bertz CT molecular complexity index is 1300. The molecule has 0 spiro atoms. The summed E-state index contributed by atoms with van der Waals surface area (Å²) < 4.78 is 0. The number of phenolic OH excluding ortho intramolecular Hbond substituents is 1. The van der Waals surface area contributed by atoms with Gasteiger partial charge < -0.3 is 47.8 Å². The highest BCUT2D eigenvalue weighted by molar-refractivity contribution is 6.30. The number of carbonyl (C=O) groups excluding carboxylic acids is 1. The summed E-state index contributed by atoms with van der Waals surface area (Å²) in [4.78, 5) is 30.1. The zero-order valence-corrected chi connectivity index (χ0v) is 22.5. The molecule has 0 aliphatic carbocycles. The van der Waals surface area contributed by atoms with Crippen molar-refractivity contribution in [1.82, 2.24) is 15.0 Å². The molecule has 13 nitrogen and oxygen atoms in total. The van der Waals surface area contributed by atoms with Gasteiger partial charge in [0.1, 0.15) is 5.75 Å². The number of carbonyl (C=O) groups is 1. The van der Waals surface area contributed by atoms with E-state index in [0.717, 1.165) is 0 Å². The van der Waals surface area contributed by atoms with Gasteiger partial charge in [-0.05, 0) is 49.2 Å². The summed E-state index contributed by atoms with van der Waals surface area (Å²) in [6.07, 6.45) is 0.590. The van der Waals surface area contributed by atoms with Crippen molar-refractivity contribution in [3.05, 3.63) is 53.1 Å². The highest BCUT2D eigenvalue weighted by Crippen LogP contribution is 2.30. The largest absolute Gasteiger partial charge is 0.506 e. The molecule has 40 heavy (non-hydrogen) atoms. The third-order valence-electron chi connectivity index (χ3n) is 6.76. The van der Waals surface area contributed by atoms with E-state index in [1.54, 1.807) is 36.4 Å². The number of halogens is 1. The van der Waals surface area contributed by atoms with Crippen molar-refractivity contribution < 1.29 is 15.0 Å². The summed E-state index contributed by atoms with van der Waals surface area (Å²) >= 11 is 5.89. The molecule has 0 radical (unpaired) electrons. The van der Waals surface area contributed by atoms with Gasteiger partial charge >= 0.3 is 0 Å². The number of nitrogens with two attached hydrogens (primary N) is 3. The molecule has 2 aromatic carbocycles. The maximum Gasteiger partial charge on any atom is 0.255 e. The van der Waals surface area contributed by atoms with Crippen LogP contribution in [0.2, 0.25) is 5.02 Å². The van der Waals surface area contributed by atoms with E-state index in [1.807, 2.05) is 9.80 Å². The number of rotatable bonds is 6. The van der Waals surface area contributed by atoms with Crippen LogP contribution in [0.1, 0.15) is 23.2 Å². The minimum absolute atomic E-state index is 0.127. The number of nitrogens with one attached hydrogen (secondary N) is 2. The third kappa shape index (κ3) is 6.69. The molecule has 0 unspecified atom stereocenters. The van der Waals surface area contributed by atoms with Gasteiger partial charge in [-0.3, -0.25) is 4.79 Å². The first-order chi connectivity index (χ1) is 19.1. The van der Waals surface area contributed by atoms with E-state index in [9.17, 15) is 15.0 Å². The van der Waals surface area contributed by atoms with E-state index < -0.39 is 6.10 Å². The smallest absolute Gasteiger partial charge is 0.255 e. The van der Waals surface area contributed by atoms with Crippen LogP contribution in [0.4, 0.5) is 29.2 Å². The Balaban J connectivity index is 1.39. The SMILES string of the molecule is N[C@@H]1C[C@H](N)CN(c2nc(Nc3ccc(NC(=O)c4ccc(Cl)cc4)c(O)c3)nc(N3C[C@@H](N)C[C@@H](O)C3)n2)C1. The van der Waals surface area contributed by atoms with Crippen molar-refractivity contribution in [2.75, 3.05) is 46.6 Å². The van der Waals surface area contributed by atoms with Gasteiger partial charge in [0, 0.05) is 66.6 Å². The first kappa shape index (κ1) is 27.8. The molecule has 2 aliphatic rings. The topological polar surface area (TPSA) is 205 Å². The Morgan fingerprint density at radius 1 is 0.875 bits per heavy atom. The lowest BCUT2D eigenvalue weighted by Crippen LogP contribution is -2.53. The molecule has 0 bridgehead atoms. The summed E-state index contributed by atoms with van der Waals surface area (Å²) in [7, 11) is 0. The van der Waals surface area contributed by atoms with E-state index in [-0.39, 0.29) is 41.4 Å². The summed E-state index contributed by atoms with van der Waals surface area (Å²) in [6, 6.07) is 10.6. The van der Waals surface area contributed by atoms with Crippen LogP contribution in [0.3, 0.4) is 0 Å². The number of hydrogen-bond donors (Lipinski definition) is 7. The Morgan fingerprint density at radius 2 is 1.48 bits per heavy atom. The number of anilines is 5. The minimum Gasteiger partial charge on any atom is -0.506 e. The second kappa shape index (κ2) is 11.8. The molecule has 212 valence electrons. The average molecular weight is 569 g/mol. The van der Waals surface area contributed by atoms with Gasteiger partial charge in [0.05, 0.1) is 11.8 Å². The number of phenols is 1. The molecular weight excluding hydrogens is 536 g/mol. The zero-order chi connectivity index (χ0) is 28.4. The molecule has 10 N–H and O–H groups in total. The Kier molecular flexibility index (Phi) is 8.19. The number of piperidine rings is 2. The lowest BCUT2D eigenvalue weighted by atomic mass is 10.0. The van der Waals surface area contributed by atoms with Crippen molar-refractivity contribution in [1.29, 1.82) is 0 Å². The van der Waals surface area contributed by atoms with Gasteiger partial charge in [-0.25, -0.2) is 0 Å². The Morgan fingerprint density at radius 3 is 2.08 bits per heavy atom. The number of aromatic nitrogens is 3. The summed E-state index contributed by atoms with van der Waals surface area (Å²) in [5.74, 6) is 0.422. The molecule has 3 aromatic rings. The number of hydrogen-bond acceptors (Lipinski definition) is 12. The fourth-order valence-electron chi connectivity index (χ4n) is 4.95. The molecule has 2 fully saturated rings. The van der Waals surface area contributed by atoms with Crippen molar-refractivity contribution in [3.63, 3.8) is 0 Å².